The molecule has 0 aromatic heterocycles. The first-order valence-corrected chi connectivity index (χ1v) is 8.47. The van der Waals surface area contributed by atoms with Crippen LogP contribution in [-0.2, 0) is 4.79 Å². The first kappa shape index (κ1) is 17.3. The van der Waals surface area contributed by atoms with Gasteiger partial charge in [0.2, 0.25) is 5.91 Å². The molecular weight excluding hydrogens is 314 g/mol. The number of nitrogens with one attached hydrogen (secondary N) is 1. The molecule has 1 amide bonds. The van der Waals surface area contributed by atoms with Gasteiger partial charge in [-0.1, -0.05) is 37.9 Å². The second kappa shape index (κ2) is 8.57. The minimum atomic E-state index is -0.0655. The SMILES string of the molecule is CCCCCC1SC(=NN=Cc2ccc(O)c(OC)c2)NC1=O. The van der Waals surface area contributed by atoms with Gasteiger partial charge in [-0.15, -0.1) is 5.10 Å². The fourth-order valence-corrected chi connectivity index (χ4v) is 3.12. The Hall–Kier alpha value is -2.02. The Bertz CT molecular complexity index is 617. The molecule has 1 aromatic carbocycles. The number of ether oxygens (including phenoxy) is 1. The van der Waals surface area contributed by atoms with E-state index >= 15 is 0 Å². The molecule has 1 unspecified atom stereocenters. The summed E-state index contributed by atoms with van der Waals surface area (Å²) in [5.74, 6) is 0.456. The Balaban J connectivity index is 1.94. The van der Waals surface area contributed by atoms with Crippen molar-refractivity contribution in [2.45, 2.75) is 37.9 Å². The topological polar surface area (TPSA) is 83.3 Å². The summed E-state index contributed by atoms with van der Waals surface area (Å²) in [6, 6.07) is 4.89. The lowest BCUT2D eigenvalue weighted by atomic mass is 10.1. The predicted molar refractivity (Wildman–Crippen MR) is 93.4 cm³/mol. The molecule has 23 heavy (non-hydrogen) atoms. The molecule has 1 heterocycles. The highest BCUT2D eigenvalue weighted by Gasteiger charge is 2.29. The van der Waals surface area contributed by atoms with Crippen LogP contribution in [-0.4, -0.2) is 34.8 Å². The third-order valence-corrected chi connectivity index (χ3v) is 4.55. The predicted octanol–water partition coefficient (Wildman–Crippen LogP) is 2.90. The van der Waals surface area contributed by atoms with Crippen molar-refractivity contribution in [2.24, 2.45) is 10.2 Å². The van der Waals surface area contributed by atoms with Gasteiger partial charge in [0.05, 0.1) is 18.6 Å². The number of carbonyl (C=O) groups is 1. The number of hydrogen-bond acceptors (Lipinski definition) is 6. The molecule has 0 spiro atoms. The molecule has 0 saturated carbocycles. The van der Waals surface area contributed by atoms with Gasteiger partial charge in [-0.2, -0.15) is 5.10 Å². The van der Waals surface area contributed by atoms with Crippen LogP contribution in [0.15, 0.2) is 28.4 Å². The van der Waals surface area contributed by atoms with Crippen LogP contribution in [0.25, 0.3) is 0 Å². The quantitative estimate of drug-likeness (QED) is 0.456. The number of hydrogen-bond donors (Lipinski definition) is 2. The standard InChI is InChI=1S/C16H21N3O3S/c1-3-4-5-6-14-15(21)18-16(23-14)19-17-10-11-7-8-12(20)13(9-11)22-2/h7-10,14,20H,3-6H2,1-2H3,(H,18,19,21). The normalized spacial score (nSPS) is 19.5. The summed E-state index contributed by atoms with van der Waals surface area (Å²) in [6.45, 7) is 2.14. The van der Waals surface area contributed by atoms with Gasteiger partial charge in [0.15, 0.2) is 16.7 Å². The van der Waals surface area contributed by atoms with E-state index in [2.05, 4.69) is 22.4 Å². The van der Waals surface area contributed by atoms with E-state index in [1.54, 1.807) is 18.3 Å². The average molecular weight is 335 g/mol. The summed E-state index contributed by atoms with van der Waals surface area (Å²) in [6.07, 6.45) is 5.73. The number of thioether (sulfide) groups is 1. The summed E-state index contributed by atoms with van der Waals surface area (Å²) < 4.78 is 5.03. The zero-order valence-corrected chi connectivity index (χ0v) is 14.1. The number of aromatic hydroxyl groups is 1. The van der Waals surface area contributed by atoms with Gasteiger partial charge in [0, 0.05) is 0 Å². The second-order valence-corrected chi connectivity index (χ2v) is 6.36. The van der Waals surface area contributed by atoms with E-state index in [0.29, 0.717) is 10.9 Å². The van der Waals surface area contributed by atoms with Crippen LogP contribution in [0.5, 0.6) is 11.5 Å². The van der Waals surface area contributed by atoms with Crippen molar-refractivity contribution in [3.63, 3.8) is 0 Å². The lowest BCUT2D eigenvalue weighted by Gasteiger charge is -2.03. The van der Waals surface area contributed by atoms with Gasteiger partial charge in [-0.3, -0.25) is 4.79 Å². The molecule has 124 valence electrons. The lowest BCUT2D eigenvalue weighted by molar-refractivity contribution is -0.118. The Morgan fingerprint density at radius 1 is 1.43 bits per heavy atom. The molecule has 7 heteroatoms. The van der Waals surface area contributed by atoms with Crippen molar-refractivity contribution in [1.29, 1.82) is 0 Å². The first-order chi connectivity index (χ1) is 11.1. The third-order valence-electron chi connectivity index (χ3n) is 3.41. The van der Waals surface area contributed by atoms with Gasteiger partial charge in [-0.25, -0.2) is 0 Å². The van der Waals surface area contributed by atoms with Gasteiger partial charge in [-0.05, 0) is 30.2 Å². The monoisotopic (exact) mass is 335 g/mol. The van der Waals surface area contributed by atoms with E-state index in [4.69, 9.17) is 4.74 Å². The van der Waals surface area contributed by atoms with Crippen molar-refractivity contribution < 1.29 is 14.6 Å². The molecule has 0 bridgehead atoms. The fraction of sp³-hybridized carbons (Fsp3) is 0.438. The zero-order chi connectivity index (χ0) is 16.7. The van der Waals surface area contributed by atoms with E-state index < -0.39 is 0 Å². The number of amidine groups is 1. The first-order valence-electron chi connectivity index (χ1n) is 7.59. The molecule has 2 N–H and O–H groups in total. The van der Waals surface area contributed by atoms with E-state index in [9.17, 15) is 9.90 Å². The van der Waals surface area contributed by atoms with Crippen molar-refractivity contribution in [1.82, 2.24) is 5.32 Å². The fourth-order valence-electron chi connectivity index (χ4n) is 2.14. The van der Waals surface area contributed by atoms with Crippen LogP contribution in [0, 0.1) is 0 Å². The summed E-state index contributed by atoms with van der Waals surface area (Å²) in [7, 11) is 1.49. The summed E-state index contributed by atoms with van der Waals surface area (Å²) in [4.78, 5) is 11.8. The number of phenolic OH excluding ortho intramolecular Hbond substituents is 1. The van der Waals surface area contributed by atoms with Crippen LogP contribution < -0.4 is 10.1 Å². The number of rotatable bonds is 7. The average Bonchev–Trinajstić information content (AvgIpc) is 2.89. The largest absolute Gasteiger partial charge is 0.504 e. The Morgan fingerprint density at radius 2 is 2.26 bits per heavy atom. The molecule has 2 rings (SSSR count). The molecular formula is C16H21N3O3S. The molecule has 1 aliphatic heterocycles. The Labute approximate surface area is 140 Å². The minimum Gasteiger partial charge on any atom is -0.504 e. The lowest BCUT2D eigenvalue weighted by Crippen LogP contribution is -2.24. The number of benzene rings is 1. The number of methoxy groups -OCH3 is 1. The molecule has 0 aliphatic carbocycles. The number of carbonyl (C=O) groups excluding carboxylic acids is 1. The van der Waals surface area contributed by atoms with Crippen LogP contribution in [0.1, 0.15) is 38.2 Å². The highest BCUT2D eigenvalue weighted by atomic mass is 32.2. The molecule has 1 saturated heterocycles. The van der Waals surface area contributed by atoms with Gasteiger partial charge < -0.3 is 15.2 Å². The number of amides is 1. The maximum atomic E-state index is 11.8. The van der Waals surface area contributed by atoms with Gasteiger partial charge >= 0.3 is 0 Å². The minimum absolute atomic E-state index is 0.00588. The number of phenols is 1. The molecule has 1 aromatic rings. The van der Waals surface area contributed by atoms with Crippen molar-refractivity contribution >= 4 is 29.1 Å². The third kappa shape index (κ3) is 4.99. The van der Waals surface area contributed by atoms with Crippen molar-refractivity contribution in [3.05, 3.63) is 23.8 Å². The maximum absolute atomic E-state index is 11.8. The summed E-state index contributed by atoms with van der Waals surface area (Å²) >= 11 is 1.43. The smallest absolute Gasteiger partial charge is 0.239 e. The van der Waals surface area contributed by atoms with Gasteiger partial charge in [0.25, 0.3) is 0 Å². The van der Waals surface area contributed by atoms with Gasteiger partial charge in [0.1, 0.15) is 0 Å². The van der Waals surface area contributed by atoms with Crippen LogP contribution >= 0.6 is 11.8 Å². The molecule has 0 radical (unpaired) electrons. The number of nitrogens with zero attached hydrogens (tertiary/aromatic N) is 2. The van der Waals surface area contributed by atoms with Crippen LogP contribution in [0.4, 0.5) is 0 Å². The van der Waals surface area contributed by atoms with E-state index in [0.717, 1.165) is 31.2 Å². The Kier molecular flexibility index (Phi) is 6.46. The van der Waals surface area contributed by atoms with E-state index in [-0.39, 0.29) is 16.9 Å². The summed E-state index contributed by atoms with van der Waals surface area (Å²) in [5, 5.41) is 20.8. The van der Waals surface area contributed by atoms with Crippen molar-refractivity contribution in [3.8, 4) is 11.5 Å². The molecule has 6 nitrogen and oxygen atoms in total. The van der Waals surface area contributed by atoms with Crippen LogP contribution in [0.2, 0.25) is 0 Å². The highest BCUT2D eigenvalue weighted by Crippen LogP contribution is 2.26. The van der Waals surface area contributed by atoms with E-state index in [1.165, 1.54) is 24.9 Å². The number of unbranched alkanes of at least 4 members (excludes halogenated alkanes) is 2. The van der Waals surface area contributed by atoms with Crippen molar-refractivity contribution in [2.75, 3.05) is 7.11 Å². The van der Waals surface area contributed by atoms with Crippen LogP contribution in [0.3, 0.4) is 0 Å². The highest BCUT2D eigenvalue weighted by molar-refractivity contribution is 8.15. The molecule has 1 atom stereocenters. The molecule has 1 fully saturated rings. The molecule has 1 aliphatic rings. The Morgan fingerprint density at radius 3 is 3.00 bits per heavy atom. The summed E-state index contributed by atoms with van der Waals surface area (Å²) in [5.41, 5.74) is 0.748. The second-order valence-electron chi connectivity index (χ2n) is 5.17. The van der Waals surface area contributed by atoms with E-state index in [1.807, 2.05) is 0 Å². The maximum Gasteiger partial charge on any atom is 0.239 e. The zero-order valence-electron chi connectivity index (χ0n) is 13.3.